The highest BCUT2D eigenvalue weighted by Crippen LogP contribution is 2.24. The smallest absolute Gasteiger partial charge is 0.159 e. The molecule has 0 fully saturated rings. The number of allylic oxidation sites excluding steroid dienone is 1. The van der Waals surface area contributed by atoms with E-state index in [9.17, 15) is 4.79 Å². The summed E-state index contributed by atoms with van der Waals surface area (Å²) in [5.74, 6) is 0.654. The van der Waals surface area contributed by atoms with E-state index in [-0.39, 0.29) is 6.10 Å². The van der Waals surface area contributed by atoms with Crippen molar-refractivity contribution in [3.63, 3.8) is 0 Å². The molecule has 0 aliphatic heterocycles. The highest BCUT2D eigenvalue weighted by molar-refractivity contribution is 14.1. The molecule has 0 saturated carbocycles. The van der Waals surface area contributed by atoms with E-state index in [4.69, 9.17) is 4.74 Å². The maximum absolute atomic E-state index is 10.8. The van der Waals surface area contributed by atoms with Crippen LogP contribution in [-0.4, -0.2) is 12.4 Å². The fourth-order valence-corrected chi connectivity index (χ4v) is 1.58. The summed E-state index contributed by atoms with van der Waals surface area (Å²) in [4.78, 5) is 10.8. The molecule has 0 spiro atoms. The summed E-state index contributed by atoms with van der Waals surface area (Å²) in [7, 11) is 0. The Hall–Kier alpha value is -0.840. The highest BCUT2D eigenvalue weighted by atomic mass is 127. The maximum Gasteiger partial charge on any atom is 0.159 e. The molecular formula is C12H13IO2. The molecule has 2 nitrogen and oxygen atoms in total. The van der Waals surface area contributed by atoms with E-state index >= 15 is 0 Å². The standard InChI is InChI=1S/C12H13IO2/c1-9(2)15-12(11(13)8-14)10-6-4-3-5-7-10/h3-9H,1-2H3/b12-11+. The summed E-state index contributed by atoms with van der Waals surface area (Å²) in [6.07, 6.45) is 0.871. The van der Waals surface area contributed by atoms with Crippen LogP contribution in [0.4, 0.5) is 0 Å². The van der Waals surface area contributed by atoms with Gasteiger partial charge in [-0.05, 0) is 36.4 Å². The summed E-state index contributed by atoms with van der Waals surface area (Å²) < 4.78 is 6.22. The number of benzene rings is 1. The number of hydrogen-bond donors (Lipinski definition) is 0. The lowest BCUT2D eigenvalue weighted by Crippen LogP contribution is -2.03. The molecule has 0 heterocycles. The second-order valence-electron chi connectivity index (χ2n) is 3.33. The van der Waals surface area contributed by atoms with E-state index < -0.39 is 0 Å². The van der Waals surface area contributed by atoms with Gasteiger partial charge in [-0.1, -0.05) is 30.3 Å². The zero-order valence-electron chi connectivity index (χ0n) is 8.74. The van der Waals surface area contributed by atoms with Crippen molar-refractivity contribution in [3.8, 4) is 0 Å². The van der Waals surface area contributed by atoms with Gasteiger partial charge in [-0.15, -0.1) is 0 Å². The van der Waals surface area contributed by atoms with Crippen LogP contribution in [0.3, 0.4) is 0 Å². The van der Waals surface area contributed by atoms with Crippen molar-refractivity contribution < 1.29 is 9.53 Å². The van der Waals surface area contributed by atoms with E-state index in [0.717, 1.165) is 11.8 Å². The molecule has 80 valence electrons. The Morgan fingerprint density at radius 3 is 2.40 bits per heavy atom. The second kappa shape index (κ2) is 5.90. The Morgan fingerprint density at radius 1 is 1.33 bits per heavy atom. The summed E-state index contributed by atoms with van der Waals surface area (Å²) >= 11 is 1.99. The maximum atomic E-state index is 10.8. The first-order valence-electron chi connectivity index (χ1n) is 4.72. The van der Waals surface area contributed by atoms with Gasteiger partial charge >= 0.3 is 0 Å². The van der Waals surface area contributed by atoms with Crippen molar-refractivity contribution in [1.29, 1.82) is 0 Å². The lowest BCUT2D eigenvalue weighted by atomic mass is 10.2. The van der Waals surface area contributed by atoms with Gasteiger partial charge in [0, 0.05) is 5.56 Å². The third-order valence-corrected chi connectivity index (χ3v) is 2.45. The first kappa shape index (κ1) is 12.2. The largest absolute Gasteiger partial charge is 0.489 e. The van der Waals surface area contributed by atoms with Gasteiger partial charge in [0.1, 0.15) is 5.76 Å². The predicted molar refractivity (Wildman–Crippen MR) is 69.7 cm³/mol. The van der Waals surface area contributed by atoms with Crippen molar-refractivity contribution in [2.24, 2.45) is 0 Å². The van der Waals surface area contributed by atoms with E-state index in [1.54, 1.807) is 0 Å². The number of halogens is 1. The van der Waals surface area contributed by atoms with Crippen molar-refractivity contribution in [1.82, 2.24) is 0 Å². The molecule has 0 radical (unpaired) electrons. The van der Waals surface area contributed by atoms with Gasteiger partial charge in [-0.25, -0.2) is 0 Å². The molecule has 0 aliphatic rings. The molecule has 0 atom stereocenters. The van der Waals surface area contributed by atoms with Crippen LogP contribution < -0.4 is 0 Å². The Labute approximate surface area is 103 Å². The van der Waals surface area contributed by atoms with Crippen LogP contribution in [0, 0.1) is 0 Å². The monoisotopic (exact) mass is 316 g/mol. The van der Waals surface area contributed by atoms with Crippen LogP contribution >= 0.6 is 22.6 Å². The third-order valence-electron chi connectivity index (χ3n) is 1.71. The molecule has 0 saturated heterocycles. The molecule has 1 rings (SSSR count). The summed E-state index contributed by atoms with van der Waals surface area (Å²) in [5.41, 5.74) is 0.933. The Kier molecular flexibility index (Phi) is 4.81. The van der Waals surface area contributed by atoms with Crippen LogP contribution in [0.2, 0.25) is 0 Å². The molecule has 3 heteroatoms. The summed E-state index contributed by atoms with van der Waals surface area (Å²) in [6, 6.07) is 9.64. The molecule has 0 unspecified atom stereocenters. The molecule has 0 N–H and O–H groups in total. The first-order valence-corrected chi connectivity index (χ1v) is 5.80. The molecule has 0 aliphatic carbocycles. The molecule has 0 bridgehead atoms. The first-order chi connectivity index (χ1) is 7.15. The van der Waals surface area contributed by atoms with Gasteiger partial charge in [0.05, 0.1) is 9.68 Å². The van der Waals surface area contributed by atoms with Gasteiger partial charge in [0.25, 0.3) is 0 Å². The number of hydrogen-bond acceptors (Lipinski definition) is 2. The van der Waals surface area contributed by atoms with Crippen molar-refractivity contribution in [2.75, 3.05) is 0 Å². The van der Waals surface area contributed by atoms with E-state index in [2.05, 4.69) is 0 Å². The normalized spacial score (nSPS) is 12.3. The quantitative estimate of drug-likeness (QED) is 0.368. The molecular weight excluding hydrogens is 303 g/mol. The number of rotatable bonds is 4. The number of ether oxygens (including phenoxy) is 1. The number of carbonyl (C=O) groups is 1. The van der Waals surface area contributed by atoms with E-state index in [1.165, 1.54) is 0 Å². The SMILES string of the molecule is CC(C)O/C(=C(/I)C=O)c1ccccc1. The summed E-state index contributed by atoms with van der Waals surface area (Å²) in [6.45, 7) is 3.88. The van der Waals surface area contributed by atoms with Crippen LogP contribution in [0.5, 0.6) is 0 Å². The Balaban J connectivity index is 3.08. The fraction of sp³-hybridized carbons (Fsp3) is 0.250. The zero-order chi connectivity index (χ0) is 11.3. The van der Waals surface area contributed by atoms with Crippen molar-refractivity contribution in [3.05, 3.63) is 39.5 Å². The van der Waals surface area contributed by atoms with Crippen LogP contribution in [-0.2, 0) is 9.53 Å². The van der Waals surface area contributed by atoms with Gasteiger partial charge in [-0.2, -0.15) is 0 Å². The lowest BCUT2D eigenvalue weighted by molar-refractivity contribution is -0.104. The minimum Gasteiger partial charge on any atom is -0.489 e. The van der Waals surface area contributed by atoms with Crippen LogP contribution in [0.15, 0.2) is 33.9 Å². The molecule has 1 aromatic rings. The summed E-state index contributed by atoms with van der Waals surface area (Å²) in [5, 5.41) is 0. The van der Waals surface area contributed by atoms with Gasteiger partial charge in [0.2, 0.25) is 0 Å². The number of aldehydes is 1. The lowest BCUT2D eigenvalue weighted by Gasteiger charge is -2.14. The van der Waals surface area contributed by atoms with E-state index in [1.807, 2.05) is 66.8 Å². The fourth-order valence-electron chi connectivity index (χ4n) is 1.14. The molecule has 0 aromatic heterocycles. The Morgan fingerprint density at radius 2 is 1.93 bits per heavy atom. The van der Waals surface area contributed by atoms with Crippen LogP contribution in [0.25, 0.3) is 5.76 Å². The molecule has 1 aromatic carbocycles. The van der Waals surface area contributed by atoms with Gasteiger partial charge < -0.3 is 4.74 Å². The second-order valence-corrected chi connectivity index (χ2v) is 4.49. The highest BCUT2D eigenvalue weighted by Gasteiger charge is 2.09. The van der Waals surface area contributed by atoms with Crippen LogP contribution in [0.1, 0.15) is 19.4 Å². The molecule has 0 amide bonds. The third kappa shape index (κ3) is 3.66. The van der Waals surface area contributed by atoms with Gasteiger partial charge in [0.15, 0.2) is 6.29 Å². The zero-order valence-corrected chi connectivity index (χ0v) is 10.9. The average Bonchev–Trinajstić information content (AvgIpc) is 2.26. The average molecular weight is 316 g/mol. The van der Waals surface area contributed by atoms with Crippen molar-refractivity contribution >= 4 is 34.6 Å². The number of carbonyl (C=O) groups excluding carboxylic acids is 1. The van der Waals surface area contributed by atoms with Crippen molar-refractivity contribution in [2.45, 2.75) is 20.0 Å². The van der Waals surface area contributed by atoms with E-state index in [0.29, 0.717) is 9.34 Å². The topological polar surface area (TPSA) is 26.3 Å². The minimum atomic E-state index is 0.0601. The predicted octanol–water partition coefficient (Wildman–Crippen LogP) is 3.41. The minimum absolute atomic E-state index is 0.0601. The molecule has 15 heavy (non-hydrogen) atoms. The van der Waals surface area contributed by atoms with Gasteiger partial charge in [-0.3, -0.25) is 4.79 Å². The Bertz CT molecular complexity index is 355.